The molecule has 4 aliphatic carbocycles. The second-order valence-corrected chi connectivity index (χ2v) is 18.9. The fourth-order valence-corrected chi connectivity index (χ4v) is 11.4. The Hall–Kier alpha value is -1.12. The molecule has 4 aliphatic rings. The number of halogens is 3. The standard InChI is InChI=1S/C34H34I3O5/c1-19-11-23(9-10-26(19)37-22-7-5-21(6-8-22)31(2,3)4)41-28-13-24(35)27(12-25(28)36)40-16-29(38)42-33-14-20-15-34(39)18-32(34,17-33)30(20)33/h5-13,20,30,39H,14-18H2,1-4H3/q-1. The van der Waals surface area contributed by atoms with Gasteiger partial charge in [0.15, 0.2) is 0 Å². The van der Waals surface area contributed by atoms with Crippen LogP contribution in [0.4, 0.5) is 0 Å². The van der Waals surface area contributed by atoms with Gasteiger partial charge in [-0.15, -0.1) is 0 Å². The Bertz CT molecular complexity index is 1600. The van der Waals surface area contributed by atoms with Gasteiger partial charge in [0.05, 0.1) is 5.60 Å². The number of benzene rings is 3. The van der Waals surface area contributed by atoms with E-state index < -0.39 is 5.60 Å². The van der Waals surface area contributed by atoms with Crippen LogP contribution in [0.25, 0.3) is 0 Å². The summed E-state index contributed by atoms with van der Waals surface area (Å²) >= 11 is 4.20. The van der Waals surface area contributed by atoms with E-state index in [-0.39, 0.29) is 50.2 Å². The minimum absolute atomic E-state index is 0.0527. The van der Waals surface area contributed by atoms with Gasteiger partial charge in [-0.2, -0.15) is 0 Å². The van der Waals surface area contributed by atoms with Crippen LogP contribution in [0.5, 0.6) is 17.2 Å². The Morgan fingerprint density at radius 1 is 1.00 bits per heavy atom. The molecule has 0 bridgehead atoms. The predicted octanol–water partition coefficient (Wildman–Crippen LogP) is 4.65. The van der Waals surface area contributed by atoms with E-state index in [0.717, 1.165) is 44.3 Å². The number of carbonyl (C=O) groups is 1. The van der Waals surface area contributed by atoms with Crippen molar-refractivity contribution in [3.05, 3.63) is 80.0 Å². The fraction of sp³-hybridized carbons (Fsp3) is 0.441. The first-order valence-corrected chi connectivity index (χ1v) is 18.7. The molecule has 7 rings (SSSR count). The zero-order valence-corrected chi connectivity index (χ0v) is 30.6. The molecule has 0 aromatic heterocycles. The van der Waals surface area contributed by atoms with Gasteiger partial charge in [0.1, 0.15) is 5.60 Å². The summed E-state index contributed by atoms with van der Waals surface area (Å²) in [5, 5.41) is 10.7. The van der Waals surface area contributed by atoms with E-state index >= 15 is 0 Å². The summed E-state index contributed by atoms with van der Waals surface area (Å²) < 4.78 is 22.7. The number of carbonyl (C=O) groups excluding carboxylic acids is 1. The molecule has 4 saturated carbocycles. The number of esters is 1. The van der Waals surface area contributed by atoms with Crippen molar-refractivity contribution in [2.24, 2.45) is 17.3 Å². The molecule has 0 aliphatic heterocycles. The van der Waals surface area contributed by atoms with E-state index in [0.29, 0.717) is 17.6 Å². The molecule has 222 valence electrons. The summed E-state index contributed by atoms with van der Waals surface area (Å²) in [4.78, 5) is 12.7. The van der Waals surface area contributed by atoms with Crippen LogP contribution < -0.4 is 30.7 Å². The Balaban J connectivity index is 0.953. The van der Waals surface area contributed by atoms with Gasteiger partial charge in [-0.1, -0.05) is 0 Å². The topological polar surface area (TPSA) is 65.0 Å². The second-order valence-electron chi connectivity index (χ2n) is 13.6. The van der Waals surface area contributed by atoms with E-state index in [1.807, 2.05) is 12.1 Å². The van der Waals surface area contributed by atoms with Crippen molar-refractivity contribution in [2.75, 3.05) is 6.61 Å². The average Bonchev–Trinajstić information content (AvgIpc) is 3.46. The summed E-state index contributed by atoms with van der Waals surface area (Å²) in [7, 11) is 0. The van der Waals surface area contributed by atoms with Gasteiger partial charge in [0.2, 0.25) is 0 Å². The molecule has 8 heteroatoms. The van der Waals surface area contributed by atoms with Crippen LogP contribution in [0.2, 0.25) is 0 Å². The number of aliphatic hydroxyl groups is 1. The van der Waals surface area contributed by atoms with Gasteiger partial charge in [-0.25, -0.2) is 4.79 Å². The first-order chi connectivity index (χ1) is 19.8. The van der Waals surface area contributed by atoms with Crippen LogP contribution in [-0.4, -0.2) is 28.9 Å². The third kappa shape index (κ3) is 4.88. The molecule has 42 heavy (non-hydrogen) atoms. The monoisotopic (exact) mass is 903 g/mol. The van der Waals surface area contributed by atoms with Crippen LogP contribution in [0, 0.1) is 38.5 Å². The third-order valence-electron chi connectivity index (χ3n) is 9.79. The molecule has 4 fully saturated rings. The van der Waals surface area contributed by atoms with Crippen LogP contribution in [-0.2, 0) is 14.9 Å². The number of hydrogen-bond donors (Lipinski definition) is 1. The molecule has 5 unspecified atom stereocenters. The molecular formula is C34H34I3O5-. The third-order valence-corrected chi connectivity index (χ3v) is 14.6. The summed E-state index contributed by atoms with van der Waals surface area (Å²) in [5.74, 6) is 2.76. The normalized spacial score (nSPS) is 30.1. The Morgan fingerprint density at radius 3 is 2.40 bits per heavy atom. The summed E-state index contributed by atoms with van der Waals surface area (Å²) in [6.45, 7) is 8.77. The van der Waals surface area contributed by atoms with Gasteiger partial charge in [0, 0.05) is 11.3 Å². The predicted molar refractivity (Wildman–Crippen MR) is 173 cm³/mol. The number of ether oxygens (including phenoxy) is 3. The molecule has 1 spiro atoms. The molecule has 0 saturated heterocycles. The summed E-state index contributed by atoms with van der Waals surface area (Å²) in [6.07, 6.45) is 3.48. The number of rotatable bonds is 8. The number of hydrogen-bond acceptors (Lipinski definition) is 5. The van der Waals surface area contributed by atoms with Crippen LogP contribution in [0.15, 0.2) is 54.6 Å². The maximum atomic E-state index is 12.7. The Labute approximate surface area is 285 Å². The van der Waals surface area contributed by atoms with Crippen molar-refractivity contribution >= 4 is 51.2 Å². The van der Waals surface area contributed by atoms with Crippen molar-refractivity contribution in [2.45, 2.75) is 70.0 Å². The quantitative estimate of drug-likeness (QED) is 0.264. The van der Waals surface area contributed by atoms with Gasteiger partial charge in [-0.3, -0.25) is 0 Å². The Kier molecular flexibility index (Phi) is 7.18. The molecule has 5 atom stereocenters. The molecule has 3 aromatic carbocycles. The molecule has 5 nitrogen and oxygen atoms in total. The Morgan fingerprint density at radius 2 is 1.71 bits per heavy atom. The first kappa shape index (κ1) is 29.6. The van der Waals surface area contributed by atoms with Crippen molar-refractivity contribution < 1.29 is 45.3 Å². The van der Waals surface area contributed by atoms with E-state index in [9.17, 15) is 9.90 Å². The van der Waals surface area contributed by atoms with E-state index in [1.165, 1.54) is 18.3 Å². The van der Waals surface area contributed by atoms with E-state index in [4.69, 9.17) is 14.2 Å². The molecule has 0 amide bonds. The SMILES string of the molecule is Cc1cc(Oc2cc(I)c(OCC(=O)OC34CC5CC6(O)CC6(C3)C54)cc2I)ccc1[I-]c1ccc(C(C)(C)C)cc1. The van der Waals surface area contributed by atoms with Crippen LogP contribution >= 0.6 is 45.2 Å². The van der Waals surface area contributed by atoms with E-state index in [1.54, 1.807) is 0 Å². The van der Waals surface area contributed by atoms with Crippen molar-refractivity contribution in [1.29, 1.82) is 0 Å². The van der Waals surface area contributed by atoms with Crippen LogP contribution in [0.1, 0.15) is 57.6 Å². The molecule has 0 radical (unpaired) electrons. The average molecular weight is 903 g/mol. The zero-order chi connectivity index (χ0) is 29.7. The first-order valence-electron chi connectivity index (χ1n) is 14.4. The molecule has 1 N–H and O–H groups in total. The van der Waals surface area contributed by atoms with Crippen molar-refractivity contribution in [3.8, 4) is 17.2 Å². The van der Waals surface area contributed by atoms with E-state index in [2.05, 4.69) is 115 Å². The zero-order valence-electron chi connectivity index (χ0n) is 24.1. The van der Waals surface area contributed by atoms with Crippen LogP contribution in [0.3, 0.4) is 0 Å². The van der Waals surface area contributed by atoms with Crippen molar-refractivity contribution in [1.82, 2.24) is 0 Å². The van der Waals surface area contributed by atoms with Crippen molar-refractivity contribution in [3.63, 3.8) is 0 Å². The minimum atomic E-state index is -0.469. The van der Waals surface area contributed by atoms with Gasteiger partial charge in [-0.05, 0) is 31.6 Å². The number of aryl methyl sites for hydroxylation is 1. The summed E-state index contributed by atoms with van der Waals surface area (Å²) in [6, 6.07) is 19.3. The second kappa shape index (κ2) is 10.2. The molecule has 0 heterocycles. The van der Waals surface area contributed by atoms with Gasteiger partial charge in [0.25, 0.3) is 0 Å². The maximum absolute atomic E-state index is 12.7. The molecule has 3 aromatic rings. The molecular weight excluding hydrogens is 869 g/mol. The van der Waals surface area contributed by atoms with Gasteiger partial charge < -0.3 is 9.84 Å². The van der Waals surface area contributed by atoms with Gasteiger partial charge >= 0.3 is 219 Å². The fourth-order valence-electron chi connectivity index (χ4n) is 7.89. The summed E-state index contributed by atoms with van der Waals surface area (Å²) in [5.41, 5.74) is 2.00.